The Morgan fingerprint density at radius 3 is 2.55 bits per heavy atom. The highest BCUT2D eigenvalue weighted by Gasteiger charge is 2.15. The van der Waals surface area contributed by atoms with Crippen molar-refractivity contribution in [1.29, 1.82) is 0 Å². The number of fused-ring (bicyclic) bond motifs is 1. The van der Waals surface area contributed by atoms with Crippen molar-refractivity contribution in [1.82, 2.24) is 15.0 Å². The summed E-state index contributed by atoms with van der Waals surface area (Å²) in [6.07, 6.45) is 0. The van der Waals surface area contributed by atoms with Gasteiger partial charge in [-0.25, -0.2) is 19.9 Å². The largest absolute Gasteiger partial charge is 0.334 e. The van der Waals surface area contributed by atoms with E-state index in [-0.39, 0.29) is 11.1 Å². The zero-order valence-electron chi connectivity index (χ0n) is 12.0. The molecule has 0 radical (unpaired) electrons. The Labute approximate surface area is 116 Å². The number of carbonyl (C=O) groups is 1. The molecule has 6 heteroatoms. The molecule has 0 fully saturated rings. The molecular formula is C14H18N4O2. The molecule has 0 aliphatic carbocycles. The second-order valence-corrected chi connectivity index (χ2v) is 5.63. The number of aromatic nitrogens is 2. The van der Waals surface area contributed by atoms with Crippen molar-refractivity contribution in [3.8, 4) is 0 Å². The SMILES string of the molecule is Cc1nc2ccccc2c(=O)n1NC(=O)NC(C)(C)C. The van der Waals surface area contributed by atoms with Gasteiger partial charge in [0.1, 0.15) is 5.82 Å². The molecule has 2 aromatic rings. The summed E-state index contributed by atoms with van der Waals surface area (Å²) in [5, 5.41) is 3.20. The van der Waals surface area contributed by atoms with Crippen LogP contribution in [0.3, 0.4) is 0 Å². The Hall–Kier alpha value is -2.37. The van der Waals surface area contributed by atoms with Crippen molar-refractivity contribution in [2.45, 2.75) is 33.2 Å². The molecule has 0 saturated heterocycles. The maximum atomic E-state index is 12.3. The normalized spacial score (nSPS) is 11.4. The number of para-hydroxylation sites is 1. The van der Waals surface area contributed by atoms with Gasteiger partial charge >= 0.3 is 6.03 Å². The molecule has 0 aliphatic heterocycles. The first-order valence-electron chi connectivity index (χ1n) is 6.35. The van der Waals surface area contributed by atoms with Gasteiger partial charge in [0.05, 0.1) is 10.9 Å². The number of carbonyl (C=O) groups excluding carboxylic acids is 1. The van der Waals surface area contributed by atoms with Crippen LogP contribution in [-0.2, 0) is 0 Å². The van der Waals surface area contributed by atoms with Crippen LogP contribution in [0.1, 0.15) is 26.6 Å². The molecule has 106 valence electrons. The molecule has 2 amide bonds. The Balaban J connectivity index is 2.40. The first-order valence-corrected chi connectivity index (χ1v) is 6.35. The predicted molar refractivity (Wildman–Crippen MR) is 78.4 cm³/mol. The van der Waals surface area contributed by atoms with Crippen LogP contribution in [0.4, 0.5) is 4.79 Å². The fraction of sp³-hybridized carbons (Fsp3) is 0.357. The minimum absolute atomic E-state index is 0.294. The number of aryl methyl sites for hydroxylation is 1. The molecule has 2 rings (SSSR count). The number of amides is 2. The van der Waals surface area contributed by atoms with E-state index in [2.05, 4.69) is 15.7 Å². The molecule has 0 bridgehead atoms. The highest BCUT2D eigenvalue weighted by molar-refractivity contribution is 5.83. The monoisotopic (exact) mass is 274 g/mol. The second kappa shape index (κ2) is 4.96. The third-order valence-electron chi connectivity index (χ3n) is 2.65. The molecule has 6 nitrogen and oxygen atoms in total. The van der Waals surface area contributed by atoms with E-state index in [1.54, 1.807) is 25.1 Å². The molecule has 1 aromatic carbocycles. The Bertz CT molecular complexity index is 713. The van der Waals surface area contributed by atoms with Gasteiger partial charge in [0.25, 0.3) is 5.56 Å². The van der Waals surface area contributed by atoms with Gasteiger partial charge in [0.2, 0.25) is 0 Å². The smallest absolute Gasteiger partial charge is 0.332 e. The Kier molecular flexibility index (Phi) is 3.48. The molecular weight excluding hydrogens is 256 g/mol. The first-order chi connectivity index (χ1) is 9.28. The van der Waals surface area contributed by atoms with E-state index in [1.165, 1.54) is 0 Å². The number of hydrogen-bond donors (Lipinski definition) is 2. The topological polar surface area (TPSA) is 76.0 Å². The summed E-state index contributed by atoms with van der Waals surface area (Å²) in [5.41, 5.74) is 2.46. The lowest BCUT2D eigenvalue weighted by Gasteiger charge is -2.21. The number of nitrogens with one attached hydrogen (secondary N) is 2. The van der Waals surface area contributed by atoms with Crippen LogP contribution in [0.15, 0.2) is 29.1 Å². The molecule has 2 N–H and O–H groups in total. The molecule has 20 heavy (non-hydrogen) atoms. The standard InChI is InChI=1S/C14H18N4O2/c1-9-15-11-8-6-5-7-10(11)12(19)18(9)17-13(20)16-14(2,3)4/h5-8H,1-4H3,(H2,16,17,20). The van der Waals surface area contributed by atoms with Gasteiger partial charge in [-0.2, -0.15) is 0 Å². The van der Waals surface area contributed by atoms with Crippen molar-refractivity contribution in [3.05, 3.63) is 40.4 Å². The van der Waals surface area contributed by atoms with Gasteiger partial charge in [-0.05, 0) is 39.8 Å². The van der Waals surface area contributed by atoms with E-state index in [1.807, 2.05) is 26.8 Å². The average molecular weight is 274 g/mol. The average Bonchev–Trinajstić information content (AvgIpc) is 2.32. The predicted octanol–water partition coefficient (Wildman–Crippen LogP) is 1.76. The maximum Gasteiger partial charge on any atom is 0.334 e. The van der Waals surface area contributed by atoms with Crippen molar-refractivity contribution < 1.29 is 4.79 Å². The van der Waals surface area contributed by atoms with Crippen molar-refractivity contribution in [2.24, 2.45) is 0 Å². The van der Waals surface area contributed by atoms with Gasteiger partial charge in [-0.1, -0.05) is 12.1 Å². The second-order valence-electron chi connectivity index (χ2n) is 5.63. The molecule has 1 aromatic heterocycles. The van der Waals surface area contributed by atoms with E-state index < -0.39 is 6.03 Å². The van der Waals surface area contributed by atoms with Gasteiger partial charge < -0.3 is 5.32 Å². The summed E-state index contributed by atoms with van der Waals surface area (Å²) in [6.45, 7) is 7.26. The summed E-state index contributed by atoms with van der Waals surface area (Å²) in [7, 11) is 0. The van der Waals surface area contributed by atoms with E-state index in [0.717, 1.165) is 4.68 Å². The van der Waals surface area contributed by atoms with Crippen molar-refractivity contribution in [3.63, 3.8) is 0 Å². The lowest BCUT2D eigenvalue weighted by atomic mass is 10.1. The minimum Gasteiger partial charge on any atom is -0.332 e. The van der Waals surface area contributed by atoms with Crippen molar-refractivity contribution >= 4 is 16.9 Å². The molecule has 0 aliphatic rings. The summed E-state index contributed by atoms with van der Waals surface area (Å²) in [5.74, 6) is 0.428. The van der Waals surface area contributed by atoms with Crippen LogP contribution >= 0.6 is 0 Å². The van der Waals surface area contributed by atoms with E-state index in [0.29, 0.717) is 16.7 Å². The van der Waals surface area contributed by atoms with Gasteiger partial charge in [-0.15, -0.1) is 0 Å². The van der Waals surface area contributed by atoms with Crippen LogP contribution in [0.5, 0.6) is 0 Å². The zero-order chi connectivity index (χ0) is 14.9. The molecule has 0 unspecified atom stereocenters. The zero-order valence-corrected chi connectivity index (χ0v) is 12.0. The number of nitrogens with zero attached hydrogens (tertiary/aromatic N) is 2. The lowest BCUT2D eigenvalue weighted by Crippen LogP contribution is -2.48. The first kappa shape index (κ1) is 14.0. The molecule has 0 saturated carbocycles. The van der Waals surface area contributed by atoms with Crippen LogP contribution < -0.4 is 16.3 Å². The lowest BCUT2D eigenvalue weighted by molar-refractivity contribution is 0.240. The van der Waals surface area contributed by atoms with Crippen LogP contribution in [0.25, 0.3) is 10.9 Å². The summed E-state index contributed by atoms with van der Waals surface area (Å²) < 4.78 is 1.16. The number of rotatable bonds is 1. The third kappa shape index (κ3) is 2.96. The Morgan fingerprint density at radius 1 is 1.25 bits per heavy atom. The van der Waals surface area contributed by atoms with Gasteiger partial charge in [0.15, 0.2) is 0 Å². The van der Waals surface area contributed by atoms with E-state index >= 15 is 0 Å². The Morgan fingerprint density at radius 2 is 1.90 bits per heavy atom. The molecule has 0 atom stereocenters. The van der Waals surface area contributed by atoms with E-state index in [4.69, 9.17) is 0 Å². The number of benzene rings is 1. The van der Waals surface area contributed by atoms with Gasteiger partial charge in [0, 0.05) is 5.54 Å². The minimum atomic E-state index is -0.445. The van der Waals surface area contributed by atoms with Crippen LogP contribution in [0, 0.1) is 6.92 Å². The fourth-order valence-corrected chi connectivity index (χ4v) is 1.85. The van der Waals surface area contributed by atoms with Crippen LogP contribution in [0.2, 0.25) is 0 Å². The quantitative estimate of drug-likeness (QED) is 0.832. The van der Waals surface area contributed by atoms with Crippen molar-refractivity contribution in [2.75, 3.05) is 5.43 Å². The fourth-order valence-electron chi connectivity index (χ4n) is 1.85. The number of hydrogen-bond acceptors (Lipinski definition) is 3. The summed E-state index contributed by atoms with van der Waals surface area (Å²) in [4.78, 5) is 28.5. The molecule has 0 spiro atoms. The van der Waals surface area contributed by atoms with Crippen LogP contribution in [-0.4, -0.2) is 21.2 Å². The third-order valence-corrected chi connectivity index (χ3v) is 2.65. The molecule has 1 heterocycles. The van der Waals surface area contributed by atoms with E-state index in [9.17, 15) is 9.59 Å². The highest BCUT2D eigenvalue weighted by Crippen LogP contribution is 2.06. The summed E-state index contributed by atoms with van der Waals surface area (Å²) in [6, 6.07) is 6.59. The summed E-state index contributed by atoms with van der Waals surface area (Å²) >= 11 is 0. The highest BCUT2D eigenvalue weighted by atomic mass is 16.2. The maximum absolute atomic E-state index is 12.3. The number of urea groups is 1. The van der Waals surface area contributed by atoms with Gasteiger partial charge in [-0.3, -0.25) is 4.79 Å².